The van der Waals surface area contributed by atoms with Crippen molar-refractivity contribution in [2.75, 3.05) is 6.54 Å². The molecule has 0 aliphatic heterocycles. The van der Waals surface area contributed by atoms with Gasteiger partial charge in [-0.25, -0.2) is 0 Å². The van der Waals surface area contributed by atoms with Gasteiger partial charge >= 0.3 is 0 Å². The van der Waals surface area contributed by atoms with E-state index in [1.165, 1.54) is 24.8 Å². The normalized spacial score (nSPS) is 18.1. The first-order chi connectivity index (χ1) is 6.86. The Morgan fingerprint density at radius 1 is 1.43 bits per heavy atom. The van der Waals surface area contributed by atoms with Gasteiger partial charge in [0.2, 0.25) is 0 Å². The Kier molecular flexibility index (Phi) is 3.14. The molecule has 0 spiro atoms. The summed E-state index contributed by atoms with van der Waals surface area (Å²) in [5.41, 5.74) is 1.33. The highest BCUT2D eigenvalue weighted by atomic mass is 14.9. The van der Waals surface area contributed by atoms with Crippen LogP contribution in [0.2, 0.25) is 0 Å². The summed E-state index contributed by atoms with van der Waals surface area (Å²) in [6, 6.07) is 4.61. The molecule has 0 amide bonds. The Labute approximate surface area is 85.7 Å². The maximum Gasteiger partial charge on any atom is 0.0292 e. The van der Waals surface area contributed by atoms with E-state index in [-0.39, 0.29) is 0 Å². The summed E-state index contributed by atoms with van der Waals surface area (Å²) >= 11 is 0. The lowest BCUT2D eigenvalue weighted by Gasteiger charge is -2.13. The monoisotopic (exact) mass is 190 g/mol. The number of hydrogen-bond acceptors (Lipinski definition) is 2. The number of nitrogens with one attached hydrogen (secondary N) is 1. The van der Waals surface area contributed by atoms with E-state index in [1.807, 2.05) is 12.4 Å². The zero-order chi connectivity index (χ0) is 9.80. The number of pyridine rings is 1. The van der Waals surface area contributed by atoms with E-state index in [0.717, 1.165) is 12.5 Å². The first-order valence-electron chi connectivity index (χ1n) is 5.49. The van der Waals surface area contributed by atoms with Crippen molar-refractivity contribution in [1.82, 2.24) is 10.3 Å². The number of rotatable bonds is 5. The van der Waals surface area contributed by atoms with Crippen molar-refractivity contribution in [3.8, 4) is 0 Å². The molecule has 0 saturated heterocycles. The van der Waals surface area contributed by atoms with Crippen LogP contribution in [0.4, 0.5) is 0 Å². The fourth-order valence-electron chi connectivity index (χ4n) is 1.68. The van der Waals surface area contributed by atoms with E-state index in [0.29, 0.717) is 6.04 Å². The van der Waals surface area contributed by atoms with Crippen molar-refractivity contribution >= 4 is 0 Å². The second-order valence-corrected chi connectivity index (χ2v) is 4.19. The number of nitrogens with zero attached hydrogens (tertiary/aromatic N) is 1. The summed E-state index contributed by atoms with van der Waals surface area (Å²) in [6.07, 6.45) is 7.95. The third-order valence-corrected chi connectivity index (χ3v) is 2.91. The molecule has 1 aliphatic carbocycles. The average molecular weight is 190 g/mol. The maximum atomic E-state index is 4.02. The molecule has 0 aromatic carbocycles. The van der Waals surface area contributed by atoms with Crippen molar-refractivity contribution in [2.45, 2.75) is 32.2 Å². The Balaban J connectivity index is 1.74. The molecule has 1 fully saturated rings. The van der Waals surface area contributed by atoms with Gasteiger partial charge in [0.1, 0.15) is 0 Å². The minimum Gasteiger partial charge on any atom is -0.310 e. The van der Waals surface area contributed by atoms with E-state index in [1.54, 1.807) is 0 Å². The van der Waals surface area contributed by atoms with Crippen LogP contribution in [-0.4, -0.2) is 11.5 Å². The topological polar surface area (TPSA) is 24.9 Å². The minimum atomic E-state index is 0.455. The van der Waals surface area contributed by atoms with Crippen LogP contribution in [-0.2, 0) is 0 Å². The van der Waals surface area contributed by atoms with Crippen molar-refractivity contribution in [1.29, 1.82) is 0 Å². The van der Waals surface area contributed by atoms with Crippen LogP contribution < -0.4 is 5.32 Å². The highest BCUT2D eigenvalue weighted by Gasteiger charge is 2.20. The van der Waals surface area contributed by atoms with Crippen molar-refractivity contribution < 1.29 is 0 Å². The predicted molar refractivity (Wildman–Crippen MR) is 58.0 cm³/mol. The van der Waals surface area contributed by atoms with Crippen molar-refractivity contribution in [2.24, 2.45) is 5.92 Å². The van der Waals surface area contributed by atoms with Gasteiger partial charge in [-0.15, -0.1) is 0 Å². The van der Waals surface area contributed by atoms with Crippen molar-refractivity contribution in [3.05, 3.63) is 30.1 Å². The summed E-state index contributed by atoms with van der Waals surface area (Å²) in [7, 11) is 0. The number of hydrogen-bond donors (Lipinski definition) is 1. The highest BCUT2D eigenvalue weighted by Crippen LogP contribution is 2.31. The lowest BCUT2D eigenvalue weighted by atomic mass is 10.1. The molecule has 1 heterocycles. The average Bonchev–Trinajstić information content (AvgIpc) is 3.03. The largest absolute Gasteiger partial charge is 0.310 e. The van der Waals surface area contributed by atoms with Gasteiger partial charge in [0.05, 0.1) is 0 Å². The van der Waals surface area contributed by atoms with Gasteiger partial charge in [-0.1, -0.05) is 12.8 Å². The quantitative estimate of drug-likeness (QED) is 0.771. The summed E-state index contributed by atoms with van der Waals surface area (Å²) in [4.78, 5) is 4.02. The molecule has 1 saturated carbocycles. The third kappa shape index (κ3) is 2.81. The third-order valence-electron chi connectivity index (χ3n) is 2.91. The minimum absolute atomic E-state index is 0.455. The second kappa shape index (κ2) is 4.56. The molecule has 2 nitrogen and oxygen atoms in total. The zero-order valence-electron chi connectivity index (χ0n) is 8.74. The van der Waals surface area contributed by atoms with E-state index in [2.05, 4.69) is 29.4 Å². The molecule has 0 bridgehead atoms. The van der Waals surface area contributed by atoms with Gasteiger partial charge in [-0.2, -0.15) is 0 Å². The van der Waals surface area contributed by atoms with Crippen molar-refractivity contribution in [3.63, 3.8) is 0 Å². The molecule has 1 N–H and O–H groups in total. The maximum absolute atomic E-state index is 4.02. The molecule has 1 aromatic heterocycles. The van der Waals surface area contributed by atoms with Crippen LogP contribution in [0.1, 0.15) is 37.8 Å². The van der Waals surface area contributed by atoms with Crippen LogP contribution in [0.15, 0.2) is 24.5 Å². The first kappa shape index (κ1) is 9.66. The first-order valence-corrected chi connectivity index (χ1v) is 5.49. The fourth-order valence-corrected chi connectivity index (χ4v) is 1.68. The van der Waals surface area contributed by atoms with Crippen LogP contribution in [0.5, 0.6) is 0 Å². The highest BCUT2D eigenvalue weighted by molar-refractivity contribution is 5.13. The Hall–Kier alpha value is -0.890. The van der Waals surface area contributed by atoms with E-state index in [9.17, 15) is 0 Å². The zero-order valence-corrected chi connectivity index (χ0v) is 8.74. The van der Waals surface area contributed by atoms with Gasteiger partial charge in [-0.05, 0) is 43.5 Å². The lowest BCUT2D eigenvalue weighted by Crippen LogP contribution is -2.20. The Morgan fingerprint density at radius 3 is 2.79 bits per heavy atom. The summed E-state index contributed by atoms with van der Waals surface area (Å²) < 4.78 is 0. The molecule has 2 rings (SSSR count). The summed E-state index contributed by atoms with van der Waals surface area (Å²) in [5.74, 6) is 1.02. The molecular formula is C12H18N2. The Morgan fingerprint density at radius 2 is 2.14 bits per heavy atom. The van der Waals surface area contributed by atoms with Crippen LogP contribution in [0, 0.1) is 5.92 Å². The standard InChI is InChI=1S/C12H18N2/c1-10(12-5-7-13-8-6-12)14-9-4-11-2-3-11/h5-8,10-11,14H,2-4,9H2,1H3. The summed E-state index contributed by atoms with van der Waals surface area (Å²) in [6.45, 7) is 3.36. The summed E-state index contributed by atoms with van der Waals surface area (Å²) in [5, 5.41) is 3.54. The fraction of sp³-hybridized carbons (Fsp3) is 0.583. The molecule has 76 valence electrons. The molecular weight excluding hydrogens is 172 g/mol. The van der Waals surface area contributed by atoms with Gasteiger partial charge in [-0.3, -0.25) is 4.98 Å². The molecule has 1 aromatic rings. The van der Waals surface area contributed by atoms with E-state index in [4.69, 9.17) is 0 Å². The van der Waals surface area contributed by atoms with Gasteiger partial charge < -0.3 is 5.32 Å². The van der Waals surface area contributed by atoms with Gasteiger partial charge in [0.25, 0.3) is 0 Å². The lowest BCUT2D eigenvalue weighted by molar-refractivity contribution is 0.539. The molecule has 2 heteroatoms. The molecule has 14 heavy (non-hydrogen) atoms. The molecule has 1 aliphatic rings. The number of aromatic nitrogens is 1. The Bertz CT molecular complexity index is 267. The molecule has 1 atom stereocenters. The van der Waals surface area contributed by atoms with E-state index < -0.39 is 0 Å². The van der Waals surface area contributed by atoms with Gasteiger partial charge in [0.15, 0.2) is 0 Å². The van der Waals surface area contributed by atoms with E-state index >= 15 is 0 Å². The van der Waals surface area contributed by atoms with Crippen LogP contribution >= 0.6 is 0 Å². The predicted octanol–water partition coefficient (Wildman–Crippen LogP) is 2.53. The van der Waals surface area contributed by atoms with Gasteiger partial charge in [0, 0.05) is 18.4 Å². The second-order valence-electron chi connectivity index (χ2n) is 4.19. The smallest absolute Gasteiger partial charge is 0.0292 e. The SMILES string of the molecule is CC(NCCC1CC1)c1ccncc1. The molecule has 0 radical (unpaired) electrons. The van der Waals surface area contributed by atoms with Crippen LogP contribution in [0.25, 0.3) is 0 Å². The molecule has 1 unspecified atom stereocenters. The van der Waals surface area contributed by atoms with Crippen LogP contribution in [0.3, 0.4) is 0 Å².